The Hall–Kier alpha value is -2.99. The summed E-state index contributed by atoms with van der Waals surface area (Å²) in [7, 11) is 0. The summed E-state index contributed by atoms with van der Waals surface area (Å²) in [6, 6.07) is 13.5. The van der Waals surface area contributed by atoms with Gasteiger partial charge in [-0.15, -0.1) is 0 Å². The predicted molar refractivity (Wildman–Crippen MR) is 102 cm³/mol. The fourth-order valence-electron chi connectivity index (χ4n) is 2.37. The molecule has 0 radical (unpaired) electrons. The highest BCUT2D eigenvalue weighted by molar-refractivity contribution is 6.36. The van der Waals surface area contributed by atoms with Crippen LogP contribution >= 0.6 is 11.6 Å². The van der Waals surface area contributed by atoms with Crippen molar-refractivity contribution in [1.29, 1.82) is 0 Å². The van der Waals surface area contributed by atoms with Gasteiger partial charge in [0.2, 0.25) is 5.75 Å². The predicted octanol–water partition coefficient (Wildman–Crippen LogP) is 4.88. The molecule has 1 aromatic heterocycles. The topological polar surface area (TPSA) is 80.6 Å². The van der Waals surface area contributed by atoms with Crippen LogP contribution in [0.4, 0.5) is 16.2 Å². The van der Waals surface area contributed by atoms with E-state index in [-0.39, 0.29) is 16.4 Å². The number of hydrogen-bond acceptors (Lipinski definition) is 4. The molecular weight excluding hydrogens is 356 g/mol. The van der Waals surface area contributed by atoms with Gasteiger partial charge in [0.25, 0.3) is 0 Å². The number of nitrogens with one attached hydrogen (secondary N) is 2. The maximum atomic E-state index is 12.1. The highest BCUT2D eigenvalue weighted by Gasteiger charge is 2.15. The Labute approximate surface area is 154 Å². The van der Waals surface area contributed by atoms with Gasteiger partial charge < -0.3 is 19.8 Å². The summed E-state index contributed by atoms with van der Waals surface area (Å²) < 4.78 is 10.6. The number of anilines is 2. The Balaban J connectivity index is 1.83. The fourth-order valence-corrected chi connectivity index (χ4v) is 2.65. The molecule has 26 heavy (non-hydrogen) atoms. The van der Waals surface area contributed by atoms with E-state index in [0.717, 1.165) is 6.42 Å². The smallest absolute Gasteiger partial charge is 0.380 e. The van der Waals surface area contributed by atoms with E-state index in [1.165, 1.54) is 6.07 Å². The van der Waals surface area contributed by atoms with Crippen LogP contribution < -0.4 is 21.0 Å². The molecule has 2 aromatic carbocycles. The van der Waals surface area contributed by atoms with Crippen LogP contribution in [0.1, 0.15) is 13.3 Å². The molecule has 3 rings (SSSR count). The van der Waals surface area contributed by atoms with Crippen molar-refractivity contribution in [2.24, 2.45) is 0 Å². The molecular formula is C19H17ClN2O4. The van der Waals surface area contributed by atoms with Crippen LogP contribution in [0.25, 0.3) is 11.0 Å². The van der Waals surface area contributed by atoms with E-state index in [2.05, 4.69) is 10.6 Å². The van der Waals surface area contributed by atoms with Crippen LogP contribution in [0, 0.1) is 0 Å². The summed E-state index contributed by atoms with van der Waals surface area (Å²) in [5, 5.41) is 6.12. The normalized spacial score (nSPS) is 10.5. The lowest BCUT2D eigenvalue weighted by molar-refractivity contribution is 0.262. The molecule has 0 unspecified atom stereocenters. The number of benzene rings is 2. The summed E-state index contributed by atoms with van der Waals surface area (Å²) in [6.07, 6.45) is 0.743. The van der Waals surface area contributed by atoms with Gasteiger partial charge in [-0.2, -0.15) is 0 Å². The average molecular weight is 373 g/mol. The van der Waals surface area contributed by atoms with Crippen molar-refractivity contribution < 1.29 is 13.9 Å². The van der Waals surface area contributed by atoms with Crippen molar-refractivity contribution in [3.8, 4) is 5.75 Å². The maximum absolute atomic E-state index is 12.1. The minimum Gasteiger partial charge on any atom is -0.485 e. The van der Waals surface area contributed by atoms with Gasteiger partial charge >= 0.3 is 11.7 Å². The van der Waals surface area contributed by atoms with Crippen molar-refractivity contribution in [2.45, 2.75) is 13.3 Å². The van der Waals surface area contributed by atoms with Crippen LogP contribution in [0.2, 0.25) is 5.02 Å². The number of rotatable bonds is 5. The van der Waals surface area contributed by atoms with E-state index in [9.17, 15) is 9.59 Å². The zero-order valence-electron chi connectivity index (χ0n) is 14.0. The van der Waals surface area contributed by atoms with E-state index in [1.807, 2.05) is 25.1 Å². The van der Waals surface area contributed by atoms with Crippen LogP contribution in [-0.2, 0) is 0 Å². The molecule has 6 nitrogen and oxygen atoms in total. The van der Waals surface area contributed by atoms with E-state index < -0.39 is 11.7 Å². The van der Waals surface area contributed by atoms with Gasteiger partial charge in [-0.3, -0.25) is 0 Å². The third-order valence-corrected chi connectivity index (χ3v) is 3.92. The van der Waals surface area contributed by atoms with Crippen molar-refractivity contribution in [1.82, 2.24) is 0 Å². The third kappa shape index (κ3) is 3.97. The standard InChI is InChI=1S/C19H17ClN2O4/c1-2-10-25-17-16(20)14-9-8-13(11-15(14)26-18(17)23)22-19(24)21-12-6-4-3-5-7-12/h3-9,11H,2,10H2,1H3,(H2,21,22,24). The lowest BCUT2D eigenvalue weighted by atomic mass is 10.2. The van der Waals surface area contributed by atoms with Crippen molar-refractivity contribution in [2.75, 3.05) is 17.2 Å². The number of halogens is 1. The molecule has 0 aliphatic rings. The van der Waals surface area contributed by atoms with Crippen LogP contribution in [-0.4, -0.2) is 12.6 Å². The molecule has 0 bridgehead atoms. The Bertz CT molecular complexity index is 986. The number of urea groups is 1. The number of carbonyl (C=O) groups excluding carboxylic acids is 1. The second-order valence-electron chi connectivity index (χ2n) is 5.54. The minimum absolute atomic E-state index is 0.00328. The first-order chi connectivity index (χ1) is 12.6. The molecule has 2 N–H and O–H groups in total. The Morgan fingerprint density at radius 2 is 1.85 bits per heavy atom. The van der Waals surface area contributed by atoms with Gasteiger partial charge in [0, 0.05) is 22.8 Å². The molecule has 0 saturated carbocycles. The van der Waals surface area contributed by atoms with Crippen LogP contribution in [0.5, 0.6) is 5.75 Å². The van der Waals surface area contributed by atoms with Gasteiger partial charge in [-0.1, -0.05) is 36.7 Å². The summed E-state index contributed by atoms with van der Waals surface area (Å²) in [6.45, 7) is 2.30. The first-order valence-corrected chi connectivity index (χ1v) is 8.48. The highest BCUT2D eigenvalue weighted by Crippen LogP contribution is 2.31. The second kappa shape index (κ2) is 7.93. The van der Waals surface area contributed by atoms with Crippen molar-refractivity contribution in [3.63, 3.8) is 0 Å². The summed E-state index contributed by atoms with van der Waals surface area (Å²) in [4.78, 5) is 24.1. The minimum atomic E-state index is -0.651. The monoisotopic (exact) mass is 372 g/mol. The van der Waals surface area contributed by atoms with Gasteiger partial charge in [0.15, 0.2) is 0 Å². The lowest BCUT2D eigenvalue weighted by Gasteiger charge is -2.10. The Morgan fingerprint density at radius 3 is 2.58 bits per heavy atom. The van der Waals surface area contributed by atoms with Gasteiger partial charge in [-0.25, -0.2) is 9.59 Å². The van der Waals surface area contributed by atoms with Crippen LogP contribution in [0.15, 0.2) is 57.7 Å². The Kier molecular flexibility index (Phi) is 5.43. The fraction of sp³-hybridized carbons (Fsp3) is 0.158. The zero-order valence-corrected chi connectivity index (χ0v) is 14.8. The number of hydrogen-bond donors (Lipinski definition) is 2. The quantitative estimate of drug-likeness (QED) is 0.625. The van der Waals surface area contributed by atoms with Gasteiger partial charge in [-0.05, 0) is 30.7 Å². The average Bonchev–Trinajstić information content (AvgIpc) is 2.62. The SMILES string of the molecule is CCCOc1c(Cl)c2ccc(NC(=O)Nc3ccccc3)cc2oc1=O. The molecule has 134 valence electrons. The van der Waals surface area contributed by atoms with E-state index in [0.29, 0.717) is 23.4 Å². The number of carbonyl (C=O) groups is 1. The molecule has 7 heteroatoms. The molecule has 0 fully saturated rings. The lowest BCUT2D eigenvalue weighted by Crippen LogP contribution is -2.19. The van der Waals surface area contributed by atoms with E-state index in [4.69, 9.17) is 20.8 Å². The number of ether oxygens (including phenoxy) is 1. The number of para-hydroxylation sites is 1. The molecule has 0 saturated heterocycles. The molecule has 0 atom stereocenters. The number of amides is 2. The van der Waals surface area contributed by atoms with Crippen LogP contribution in [0.3, 0.4) is 0 Å². The van der Waals surface area contributed by atoms with E-state index in [1.54, 1.807) is 24.3 Å². The molecule has 0 spiro atoms. The molecule has 1 heterocycles. The van der Waals surface area contributed by atoms with Crippen molar-refractivity contribution >= 4 is 40.0 Å². The molecule has 0 aliphatic carbocycles. The first-order valence-electron chi connectivity index (χ1n) is 8.10. The summed E-state index contributed by atoms with van der Waals surface area (Å²) >= 11 is 6.26. The summed E-state index contributed by atoms with van der Waals surface area (Å²) in [5.74, 6) is 0.00328. The summed E-state index contributed by atoms with van der Waals surface area (Å²) in [5.41, 5.74) is 0.744. The molecule has 2 amide bonds. The second-order valence-corrected chi connectivity index (χ2v) is 5.92. The number of fused-ring (bicyclic) bond motifs is 1. The van der Waals surface area contributed by atoms with E-state index >= 15 is 0 Å². The Morgan fingerprint density at radius 1 is 1.12 bits per heavy atom. The first kappa shape index (κ1) is 17.8. The van der Waals surface area contributed by atoms with Gasteiger partial charge in [0.05, 0.1) is 6.61 Å². The maximum Gasteiger partial charge on any atom is 0.380 e. The van der Waals surface area contributed by atoms with Gasteiger partial charge in [0.1, 0.15) is 10.6 Å². The third-order valence-electron chi connectivity index (χ3n) is 3.55. The van der Waals surface area contributed by atoms with Crippen molar-refractivity contribution in [3.05, 3.63) is 64.0 Å². The highest BCUT2D eigenvalue weighted by atomic mass is 35.5. The molecule has 0 aliphatic heterocycles. The zero-order chi connectivity index (χ0) is 18.5. The largest absolute Gasteiger partial charge is 0.485 e. The molecule has 3 aromatic rings.